The Morgan fingerprint density at radius 2 is 1.93 bits per heavy atom. The fourth-order valence-electron chi connectivity index (χ4n) is 0.915. The van der Waals surface area contributed by atoms with Gasteiger partial charge in [-0.25, -0.2) is 0 Å². The van der Waals surface area contributed by atoms with Crippen LogP contribution in [-0.2, 0) is 0 Å². The van der Waals surface area contributed by atoms with Crippen LogP contribution in [0.25, 0.3) is 0 Å². The van der Waals surface area contributed by atoms with Crippen LogP contribution in [0.1, 0.15) is 13.8 Å². The van der Waals surface area contributed by atoms with E-state index in [1.54, 1.807) is 12.1 Å². The van der Waals surface area contributed by atoms with E-state index in [0.29, 0.717) is 34.0 Å². The lowest BCUT2D eigenvalue weighted by atomic mass is 10.2. The summed E-state index contributed by atoms with van der Waals surface area (Å²) in [5.41, 5.74) is 6.04. The van der Waals surface area contributed by atoms with Gasteiger partial charge in [-0.3, -0.25) is 0 Å². The molecule has 0 saturated heterocycles. The number of halogens is 2. The molecule has 14 heavy (non-hydrogen) atoms. The Balaban J connectivity index is 2.83. The summed E-state index contributed by atoms with van der Waals surface area (Å²) in [5.74, 6) is 1.03. The summed E-state index contributed by atoms with van der Waals surface area (Å²) < 4.78 is 5.46. The molecule has 0 fully saturated rings. The molecule has 0 atom stereocenters. The molecule has 0 aromatic heterocycles. The number of rotatable bonds is 3. The lowest BCUT2D eigenvalue weighted by Gasteiger charge is -2.11. The molecule has 0 bridgehead atoms. The van der Waals surface area contributed by atoms with Crippen molar-refractivity contribution in [1.29, 1.82) is 0 Å². The molecule has 2 nitrogen and oxygen atoms in total. The van der Waals surface area contributed by atoms with E-state index in [0.717, 1.165) is 0 Å². The van der Waals surface area contributed by atoms with E-state index in [2.05, 4.69) is 13.8 Å². The van der Waals surface area contributed by atoms with Crippen LogP contribution in [-0.4, -0.2) is 6.61 Å². The third kappa shape index (κ3) is 2.69. The quantitative estimate of drug-likeness (QED) is 0.810. The standard InChI is InChI=1S/C10H13Cl2NO/c1-6(2)5-14-8-4-3-7(13)9(11)10(8)12/h3-4,6H,5,13H2,1-2H3. The molecule has 0 aliphatic heterocycles. The molecule has 0 aliphatic rings. The van der Waals surface area contributed by atoms with Crippen LogP contribution in [0.2, 0.25) is 10.0 Å². The number of nitrogens with two attached hydrogens (primary N) is 1. The average Bonchev–Trinajstić information content (AvgIpc) is 2.13. The first-order valence-corrected chi connectivity index (χ1v) is 5.14. The summed E-state index contributed by atoms with van der Waals surface area (Å²) in [6.45, 7) is 4.74. The Kier molecular flexibility index (Phi) is 3.90. The fourth-order valence-corrected chi connectivity index (χ4v) is 1.30. The van der Waals surface area contributed by atoms with Crippen molar-refractivity contribution in [3.63, 3.8) is 0 Å². The van der Waals surface area contributed by atoms with Gasteiger partial charge in [-0.05, 0) is 18.1 Å². The molecule has 1 aromatic carbocycles. The van der Waals surface area contributed by atoms with Crippen LogP contribution in [0, 0.1) is 5.92 Å². The largest absolute Gasteiger partial charge is 0.492 e. The SMILES string of the molecule is CC(C)COc1ccc(N)c(Cl)c1Cl. The maximum Gasteiger partial charge on any atom is 0.139 e. The first-order chi connectivity index (χ1) is 6.52. The van der Waals surface area contributed by atoms with E-state index < -0.39 is 0 Å². The van der Waals surface area contributed by atoms with Gasteiger partial charge in [0.2, 0.25) is 0 Å². The van der Waals surface area contributed by atoms with Crippen molar-refractivity contribution in [2.75, 3.05) is 12.3 Å². The van der Waals surface area contributed by atoms with Crippen molar-refractivity contribution >= 4 is 28.9 Å². The zero-order chi connectivity index (χ0) is 10.7. The van der Waals surface area contributed by atoms with Crippen LogP contribution in [0.3, 0.4) is 0 Å². The van der Waals surface area contributed by atoms with Gasteiger partial charge in [0.05, 0.1) is 17.3 Å². The van der Waals surface area contributed by atoms with E-state index in [-0.39, 0.29) is 0 Å². The monoisotopic (exact) mass is 233 g/mol. The zero-order valence-corrected chi connectivity index (χ0v) is 9.69. The van der Waals surface area contributed by atoms with Gasteiger partial charge in [-0.2, -0.15) is 0 Å². The predicted molar refractivity (Wildman–Crippen MR) is 61.2 cm³/mol. The second-order valence-electron chi connectivity index (χ2n) is 3.49. The van der Waals surface area contributed by atoms with Crippen LogP contribution >= 0.6 is 23.2 Å². The maximum absolute atomic E-state index is 5.95. The van der Waals surface area contributed by atoms with Gasteiger partial charge < -0.3 is 10.5 Å². The lowest BCUT2D eigenvalue weighted by molar-refractivity contribution is 0.271. The van der Waals surface area contributed by atoms with Gasteiger partial charge in [-0.15, -0.1) is 0 Å². The first-order valence-electron chi connectivity index (χ1n) is 4.38. The zero-order valence-electron chi connectivity index (χ0n) is 8.18. The number of nitrogen functional groups attached to an aromatic ring is 1. The fraction of sp³-hybridized carbons (Fsp3) is 0.400. The van der Waals surface area contributed by atoms with Crippen LogP contribution < -0.4 is 10.5 Å². The Morgan fingerprint density at radius 3 is 2.50 bits per heavy atom. The highest BCUT2D eigenvalue weighted by Gasteiger charge is 2.09. The molecular weight excluding hydrogens is 221 g/mol. The first kappa shape index (κ1) is 11.5. The van der Waals surface area contributed by atoms with Gasteiger partial charge in [-0.1, -0.05) is 37.0 Å². The number of hydrogen-bond acceptors (Lipinski definition) is 2. The van der Waals surface area contributed by atoms with Gasteiger partial charge in [0.1, 0.15) is 10.8 Å². The van der Waals surface area contributed by atoms with Gasteiger partial charge in [0, 0.05) is 0 Å². The molecule has 4 heteroatoms. The third-order valence-electron chi connectivity index (χ3n) is 1.65. The minimum Gasteiger partial charge on any atom is -0.492 e. The highest BCUT2D eigenvalue weighted by Crippen LogP contribution is 2.36. The molecule has 0 unspecified atom stereocenters. The number of ether oxygens (including phenoxy) is 1. The highest BCUT2D eigenvalue weighted by atomic mass is 35.5. The van der Waals surface area contributed by atoms with E-state index >= 15 is 0 Å². The summed E-state index contributed by atoms with van der Waals surface area (Å²) in [5, 5.41) is 0.736. The predicted octanol–water partition coefficient (Wildman–Crippen LogP) is 3.61. The Hall–Kier alpha value is -0.600. The van der Waals surface area contributed by atoms with Crippen molar-refractivity contribution in [3.8, 4) is 5.75 Å². The van der Waals surface area contributed by atoms with Crippen molar-refractivity contribution < 1.29 is 4.74 Å². The van der Waals surface area contributed by atoms with Crippen LogP contribution in [0.15, 0.2) is 12.1 Å². The summed E-state index contributed by atoms with van der Waals surface area (Å²) >= 11 is 11.8. The molecule has 78 valence electrons. The average molecular weight is 234 g/mol. The van der Waals surface area contributed by atoms with Gasteiger partial charge in [0.25, 0.3) is 0 Å². The third-order valence-corrected chi connectivity index (χ3v) is 2.53. The molecule has 0 aliphatic carbocycles. The van der Waals surface area contributed by atoms with Gasteiger partial charge >= 0.3 is 0 Å². The molecule has 0 spiro atoms. The second kappa shape index (κ2) is 4.76. The Labute approximate surface area is 94.0 Å². The smallest absolute Gasteiger partial charge is 0.139 e. The summed E-state index contributed by atoms with van der Waals surface area (Å²) in [6, 6.07) is 3.41. The molecule has 2 N–H and O–H groups in total. The van der Waals surface area contributed by atoms with Crippen molar-refractivity contribution in [3.05, 3.63) is 22.2 Å². The maximum atomic E-state index is 5.95. The second-order valence-corrected chi connectivity index (χ2v) is 4.24. The molecule has 1 rings (SSSR count). The van der Waals surface area contributed by atoms with Crippen LogP contribution in [0.4, 0.5) is 5.69 Å². The minimum atomic E-state index is 0.355. The van der Waals surface area contributed by atoms with E-state index in [9.17, 15) is 0 Å². The normalized spacial score (nSPS) is 10.6. The summed E-state index contributed by atoms with van der Waals surface area (Å²) in [7, 11) is 0. The molecule has 1 aromatic rings. The number of hydrogen-bond donors (Lipinski definition) is 1. The topological polar surface area (TPSA) is 35.2 Å². The molecular formula is C10H13Cl2NO. The minimum absolute atomic E-state index is 0.355. The highest BCUT2D eigenvalue weighted by molar-refractivity contribution is 6.44. The Bertz CT molecular complexity index is 326. The lowest BCUT2D eigenvalue weighted by Crippen LogP contribution is -2.05. The van der Waals surface area contributed by atoms with Crippen LogP contribution in [0.5, 0.6) is 5.75 Å². The summed E-state index contributed by atoms with van der Waals surface area (Å²) in [6.07, 6.45) is 0. The molecule has 0 radical (unpaired) electrons. The van der Waals surface area contributed by atoms with E-state index in [1.165, 1.54) is 0 Å². The van der Waals surface area contributed by atoms with Gasteiger partial charge in [0.15, 0.2) is 0 Å². The molecule has 0 amide bonds. The summed E-state index contributed by atoms with van der Waals surface area (Å²) in [4.78, 5) is 0. The van der Waals surface area contributed by atoms with Crippen molar-refractivity contribution in [1.82, 2.24) is 0 Å². The van der Waals surface area contributed by atoms with Crippen molar-refractivity contribution in [2.24, 2.45) is 5.92 Å². The number of anilines is 1. The molecule has 0 saturated carbocycles. The Morgan fingerprint density at radius 1 is 1.29 bits per heavy atom. The van der Waals surface area contributed by atoms with E-state index in [1.807, 2.05) is 0 Å². The molecule has 0 heterocycles. The van der Waals surface area contributed by atoms with Crippen molar-refractivity contribution in [2.45, 2.75) is 13.8 Å². The number of benzene rings is 1. The van der Waals surface area contributed by atoms with E-state index in [4.69, 9.17) is 33.7 Å².